The lowest BCUT2D eigenvalue weighted by Gasteiger charge is -2.49. The molecule has 0 aromatic heterocycles. The van der Waals surface area contributed by atoms with E-state index in [0.29, 0.717) is 10.1 Å². The number of piperidine rings is 1. The maximum Gasteiger partial charge on any atom is 0.303 e. The van der Waals surface area contributed by atoms with Gasteiger partial charge in [-0.2, -0.15) is 0 Å². The van der Waals surface area contributed by atoms with Crippen LogP contribution in [0.15, 0.2) is 30.3 Å². The topological polar surface area (TPSA) is 73.9 Å². The summed E-state index contributed by atoms with van der Waals surface area (Å²) in [4.78, 5) is 28.9. The van der Waals surface area contributed by atoms with Crippen molar-refractivity contribution in [1.29, 1.82) is 0 Å². The predicted molar refractivity (Wildman–Crippen MR) is 142 cm³/mol. The molecule has 37 heavy (non-hydrogen) atoms. The van der Waals surface area contributed by atoms with Gasteiger partial charge in [0.25, 0.3) is 5.91 Å². The van der Waals surface area contributed by atoms with Gasteiger partial charge in [-0.15, -0.1) is 0 Å². The molecule has 4 rings (SSSR count). The monoisotopic (exact) mass is 630 g/mol. The maximum absolute atomic E-state index is 14.8. The molecule has 11 heteroatoms. The summed E-state index contributed by atoms with van der Waals surface area (Å²) < 4.78 is 49.5. The number of carbonyl (C=O) groups excluding carboxylic acids is 2. The standard InChI is InChI=1S/C26H30F3IN4O3/c1-3-33-10-4-5-18(12-33)31-13-26(37-16(2)35)14-34(15-26)25(36)19-7-8-20(27)23(29)24(19)32-22-9-6-17(30)11-21(22)28/h6-9,11,18,31-32H,3-5,10,12-15H2,1-2H3. The van der Waals surface area contributed by atoms with Crippen LogP contribution in [0.2, 0.25) is 0 Å². The van der Waals surface area contributed by atoms with Crippen LogP contribution in [0.1, 0.15) is 37.0 Å². The summed E-state index contributed by atoms with van der Waals surface area (Å²) in [6, 6.07) is 6.51. The minimum atomic E-state index is -1.28. The third-order valence-corrected chi connectivity index (χ3v) is 7.46. The molecule has 1 atom stereocenters. The first-order valence-electron chi connectivity index (χ1n) is 12.3. The third kappa shape index (κ3) is 6.37. The van der Waals surface area contributed by atoms with E-state index in [1.54, 1.807) is 6.07 Å². The lowest BCUT2D eigenvalue weighted by molar-refractivity contribution is -0.172. The largest absolute Gasteiger partial charge is 0.454 e. The lowest BCUT2D eigenvalue weighted by Crippen LogP contribution is -2.69. The molecule has 7 nitrogen and oxygen atoms in total. The highest BCUT2D eigenvalue weighted by Crippen LogP contribution is 2.33. The van der Waals surface area contributed by atoms with Crippen molar-refractivity contribution in [3.63, 3.8) is 0 Å². The molecule has 2 fully saturated rings. The average Bonchev–Trinajstić information content (AvgIpc) is 2.84. The van der Waals surface area contributed by atoms with Gasteiger partial charge in [-0.3, -0.25) is 9.59 Å². The van der Waals surface area contributed by atoms with E-state index in [1.165, 1.54) is 30.0 Å². The first-order valence-corrected chi connectivity index (χ1v) is 13.3. The van der Waals surface area contributed by atoms with Gasteiger partial charge in [0.15, 0.2) is 17.2 Å². The first-order chi connectivity index (χ1) is 17.6. The van der Waals surface area contributed by atoms with Crippen LogP contribution in [-0.4, -0.2) is 72.6 Å². The van der Waals surface area contributed by atoms with Gasteiger partial charge in [-0.25, -0.2) is 13.2 Å². The number of likely N-dealkylation sites (tertiary alicyclic amines) is 2. The molecule has 2 saturated heterocycles. The lowest BCUT2D eigenvalue weighted by atomic mass is 9.91. The number of nitrogens with one attached hydrogen (secondary N) is 2. The van der Waals surface area contributed by atoms with E-state index in [1.807, 2.05) is 22.6 Å². The molecular formula is C26H30F3IN4O3. The molecule has 2 aromatic rings. The molecule has 0 aliphatic carbocycles. The number of ether oxygens (including phenoxy) is 1. The van der Waals surface area contributed by atoms with E-state index in [0.717, 1.165) is 38.5 Å². The van der Waals surface area contributed by atoms with Gasteiger partial charge >= 0.3 is 5.97 Å². The number of carbonyl (C=O) groups is 2. The number of halogens is 4. The quantitative estimate of drug-likeness (QED) is 0.335. The Morgan fingerprint density at radius 1 is 1.16 bits per heavy atom. The Kier molecular flexibility index (Phi) is 8.64. The summed E-state index contributed by atoms with van der Waals surface area (Å²) in [6.45, 7) is 6.92. The number of esters is 1. The number of likely N-dealkylation sites (N-methyl/N-ethyl adjacent to an activating group) is 1. The Labute approximate surface area is 227 Å². The molecule has 2 aliphatic heterocycles. The van der Waals surface area contributed by atoms with Gasteiger partial charge in [-0.1, -0.05) is 6.92 Å². The van der Waals surface area contributed by atoms with Gasteiger partial charge in [0.05, 0.1) is 30.0 Å². The van der Waals surface area contributed by atoms with Crippen LogP contribution in [0.4, 0.5) is 24.5 Å². The van der Waals surface area contributed by atoms with E-state index >= 15 is 0 Å². The van der Waals surface area contributed by atoms with Crippen LogP contribution in [0.5, 0.6) is 0 Å². The second kappa shape index (κ2) is 11.6. The molecule has 2 heterocycles. The Balaban J connectivity index is 1.49. The maximum atomic E-state index is 14.8. The molecule has 1 amide bonds. The highest BCUT2D eigenvalue weighted by Gasteiger charge is 2.49. The summed E-state index contributed by atoms with van der Waals surface area (Å²) in [5.41, 5.74) is -1.60. The molecule has 2 aliphatic rings. The molecule has 0 bridgehead atoms. The molecule has 0 radical (unpaired) electrons. The van der Waals surface area contributed by atoms with Crippen LogP contribution in [0.3, 0.4) is 0 Å². The summed E-state index contributed by atoms with van der Waals surface area (Å²) in [6.07, 6.45) is 2.08. The van der Waals surface area contributed by atoms with Crippen molar-refractivity contribution >= 4 is 45.8 Å². The molecular weight excluding hydrogens is 600 g/mol. The summed E-state index contributed by atoms with van der Waals surface area (Å²) in [5.74, 6) is -4.15. The van der Waals surface area contributed by atoms with E-state index in [2.05, 4.69) is 22.5 Å². The van der Waals surface area contributed by atoms with E-state index in [-0.39, 0.29) is 30.4 Å². The molecule has 2 aromatic carbocycles. The van der Waals surface area contributed by atoms with Crippen LogP contribution in [-0.2, 0) is 9.53 Å². The van der Waals surface area contributed by atoms with E-state index in [9.17, 15) is 22.8 Å². The smallest absolute Gasteiger partial charge is 0.303 e. The van der Waals surface area contributed by atoms with Crippen molar-refractivity contribution in [1.82, 2.24) is 15.1 Å². The molecule has 0 saturated carbocycles. The van der Waals surface area contributed by atoms with Gasteiger partial charge in [0.2, 0.25) is 0 Å². The third-order valence-electron chi connectivity index (χ3n) is 6.79. The van der Waals surface area contributed by atoms with Gasteiger partial charge < -0.3 is 25.2 Å². The van der Waals surface area contributed by atoms with Crippen molar-refractivity contribution in [3.05, 3.63) is 56.9 Å². The second-order valence-corrected chi connectivity index (χ2v) is 10.8. The predicted octanol–water partition coefficient (Wildman–Crippen LogP) is 4.28. The zero-order valence-corrected chi connectivity index (χ0v) is 22.9. The number of amides is 1. The number of rotatable bonds is 8. The average molecular weight is 630 g/mol. The van der Waals surface area contributed by atoms with Crippen LogP contribution in [0, 0.1) is 21.0 Å². The van der Waals surface area contributed by atoms with Crippen molar-refractivity contribution in [3.8, 4) is 0 Å². The number of nitrogens with zero attached hydrogens (tertiary/aromatic N) is 2. The zero-order valence-electron chi connectivity index (χ0n) is 20.8. The van der Waals surface area contributed by atoms with Gasteiger partial charge in [-0.05, 0) is 78.9 Å². The van der Waals surface area contributed by atoms with E-state index in [4.69, 9.17) is 4.74 Å². The van der Waals surface area contributed by atoms with Crippen LogP contribution >= 0.6 is 22.6 Å². The SMILES string of the molecule is CCN1CCCC(NCC2(OC(C)=O)CN(C(=O)c3ccc(F)c(F)c3Nc3ccc(I)cc3F)C2)C1. The minimum Gasteiger partial charge on any atom is -0.454 e. The highest BCUT2D eigenvalue weighted by molar-refractivity contribution is 14.1. The van der Waals surface area contributed by atoms with Gasteiger partial charge in [0.1, 0.15) is 5.82 Å². The Morgan fingerprint density at radius 2 is 1.92 bits per heavy atom. The van der Waals surface area contributed by atoms with Crippen molar-refractivity contribution in [2.24, 2.45) is 0 Å². The summed E-state index contributed by atoms with van der Waals surface area (Å²) in [5, 5.41) is 6.03. The van der Waals surface area contributed by atoms with E-state index < -0.39 is 40.6 Å². The molecule has 2 N–H and O–H groups in total. The summed E-state index contributed by atoms with van der Waals surface area (Å²) in [7, 11) is 0. The fourth-order valence-corrected chi connectivity index (χ4v) is 5.35. The Bertz CT molecular complexity index is 1180. The number of benzene rings is 2. The molecule has 1 unspecified atom stereocenters. The second-order valence-electron chi connectivity index (χ2n) is 9.58. The molecule has 0 spiro atoms. The summed E-state index contributed by atoms with van der Waals surface area (Å²) >= 11 is 1.93. The minimum absolute atomic E-state index is 0.0883. The zero-order chi connectivity index (χ0) is 26.7. The van der Waals surface area contributed by atoms with Crippen molar-refractivity contribution in [2.45, 2.75) is 38.3 Å². The van der Waals surface area contributed by atoms with Crippen molar-refractivity contribution < 1.29 is 27.5 Å². The fourth-order valence-electron chi connectivity index (χ4n) is 4.90. The highest BCUT2D eigenvalue weighted by atomic mass is 127. The number of hydrogen-bond acceptors (Lipinski definition) is 6. The Hall–Kier alpha value is -2.38. The molecule has 200 valence electrons. The number of hydrogen-bond donors (Lipinski definition) is 2. The van der Waals surface area contributed by atoms with Gasteiger partial charge in [0, 0.05) is 29.6 Å². The van der Waals surface area contributed by atoms with Crippen molar-refractivity contribution in [2.75, 3.05) is 44.6 Å². The fraction of sp³-hybridized carbons (Fsp3) is 0.462. The first kappa shape index (κ1) is 27.6. The van der Waals surface area contributed by atoms with Crippen LogP contribution < -0.4 is 10.6 Å². The number of anilines is 2. The normalized spacial score (nSPS) is 19.3. The van der Waals surface area contributed by atoms with Crippen LogP contribution in [0.25, 0.3) is 0 Å². The Morgan fingerprint density at radius 3 is 2.59 bits per heavy atom.